The Hall–Kier alpha value is -1.14. The van der Waals surface area contributed by atoms with Crippen molar-refractivity contribution in [2.24, 2.45) is 0 Å². The number of halogens is 1. The van der Waals surface area contributed by atoms with Gasteiger partial charge in [-0.15, -0.1) is 0 Å². The summed E-state index contributed by atoms with van der Waals surface area (Å²) in [6.07, 6.45) is 0. The minimum absolute atomic E-state index is 0.511. The molecule has 1 N–H and O–H groups in total. The van der Waals surface area contributed by atoms with Gasteiger partial charge in [0, 0.05) is 10.0 Å². The van der Waals surface area contributed by atoms with Gasteiger partial charge in [-0.2, -0.15) is 0 Å². The third-order valence-electron chi connectivity index (χ3n) is 2.38. The number of anilines is 1. The van der Waals surface area contributed by atoms with Crippen molar-refractivity contribution in [3.63, 3.8) is 0 Å². The van der Waals surface area contributed by atoms with Gasteiger partial charge in [0.15, 0.2) is 16.8 Å². The molecule has 6 heteroatoms. The Labute approximate surface area is 124 Å². The fourth-order valence-corrected chi connectivity index (χ4v) is 2.90. The summed E-state index contributed by atoms with van der Waals surface area (Å²) in [7, 11) is -1.36. The van der Waals surface area contributed by atoms with Crippen LogP contribution in [0.3, 0.4) is 0 Å². The zero-order valence-electron chi connectivity index (χ0n) is 11.4. The molecule has 0 fully saturated rings. The molecule has 1 atom stereocenters. The van der Waals surface area contributed by atoms with Crippen LogP contribution in [0.1, 0.15) is 25.2 Å². The normalized spacial score (nSPS) is 11.4. The van der Waals surface area contributed by atoms with Crippen molar-refractivity contribution in [3.05, 3.63) is 40.1 Å². The maximum Gasteiger partial charge on any atom is 0.184 e. The third-order valence-corrected chi connectivity index (χ3v) is 4.47. The molecule has 0 bridgehead atoms. The average Bonchev–Trinajstić information content (AvgIpc) is 2.73. The van der Waals surface area contributed by atoms with Crippen molar-refractivity contribution in [1.29, 1.82) is 0 Å². The lowest BCUT2D eigenvalue weighted by molar-refractivity contribution is 0.399. The van der Waals surface area contributed by atoms with Crippen LogP contribution < -0.4 is 4.72 Å². The standard InChI is InChI=1S/C11H11BrN2O2S.C2H6/c1-7-8(2)16-13-11(7)14-17(15)10-6-4-3-5-9(10)12;1-2/h3-6H,1-2H3,(H,13,14);1-2H3. The van der Waals surface area contributed by atoms with Crippen molar-refractivity contribution < 1.29 is 8.73 Å². The van der Waals surface area contributed by atoms with E-state index in [0.717, 1.165) is 15.8 Å². The van der Waals surface area contributed by atoms with E-state index in [1.165, 1.54) is 0 Å². The topological polar surface area (TPSA) is 55.1 Å². The summed E-state index contributed by atoms with van der Waals surface area (Å²) in [5.41, 5.74) is 0.866. The Morgan fingerprint density at radius 1 is 1.26 bits per heavy atom. The molecule has 0 saturated heterocycles. The van der Waals surface area contributed by atoms with E-state index in [1.807, 2.05) is 45.9 Å². The molecule has 1 aromatic heterocycles. The molecule has 4 nitrogen and oxygen atoms in total. The zero-order valence-corrected chi connectivity index (χ0v) is 13.8. The van der Waals surface area contributed by atoms with Crippen molar-refractivity contribution in [3.8, 4) is 0 Å². The summed E-state index contributed by atoms with van der Waals surface area (Å²) >= 11 is 3.36. The number of nitrogens with one attached hydrogen (secondary N) is 1. The number of benzene rings is 1. The van der Waals surface area contributed by atoms with E-state index in [-0.39, 0.29) is 0 Å². The van der Waals surface area contributed by atoms with Crippen LogP contribution in [-0.2, 0) is 11.0 Å². The van der Waals surface area contributed by atoms with Gasteiger partial charge in [-0.3, -0.25) is 4.72 Å². The number of nitrogens with zero attached hydrogens (tertiary/aromatic N) is 1. The quantitative estimate of drug-likeness (QED) is 0.906. The second kappa shape index (κ2) is 7.45. The van der Waals surface area contributed by atoms with Crippen LogP contribution in [0, 0.1) is 13.8 Å². The molecule has 0 aliphatic rings. The second-order valence-electron chi connectivity index (χ2n) is 3.51. The van der Waals surface area contributed by atoms with Crippen LogP contribution in [0.4, 0.5) is 5.82 Å². The molecule has 19 heavy (non-hydrogen) atoms. The van der Waals surface area contributed by atoms with Crippen LogP contribution in [-0.4, -0.2) is 9.37 Å². The highest BCUT2D eigenvalue weighted by atomic mass is 79.9. The SMILES string of the molecule is CC.Cc1onc(NS(=O)c2ccccc2Br)c1C. The van der Waals surface area contributed by atoms with Crippen molar-refractivity contribution >= 4 is 32.7 Å². The van der Waals surface area contributed by atoms with Crippen LogP contribution >= 0.6 is 15.9 Å². The highest BCUT2D eigenvalue weighted by Crippen LogP contribution is 2.23. The van der Waals surface area contributed by atoms with Gasteiger partial charge in [-0.1, -0.05) is 31.1 Å². The predicted octanol–water partition coefficient (Wildman–Crippen LogP) is 4.21. The number of aromatic nitrogens is 1. The highest BCUT2D eigenvalue weighted by Gasteiger charge is 2.13. The molecular weight excluding hydrogens is 328 g/mol. The average molecular weight is 345 g/mol. The maximum absolute atomic E-state index is 12.1. The summed E-state index contributed by atoms with van der Waals surface area (Å²) in [6.45, 7) is 7.68. The molecule has 1 heterocycles. The van der Waals surface area contributed by atoms with Crippen LogP contribution in [0.5, 0.6) is 0 Å². The van der Waals surface area contributed by atoms with Gasteiger partial charge < -0.3 is 4.52 Å². The van der Waals surface area contributed by atoms with Crippen molar-refractivity contribution in [2.45, 2.75) is 32.6 Å². The Balaban J connectivity index is 0.000000861. The van der Waals surface area contributed by atoms with Gasteiger partial charge in [-0.05, 0) is 41.9 Å². The van der Waals surface area contributed by atoms with Gasteiger partial charge in [0.05, 0.1) is 4.90 Å². The Morgan fingerprint density at radius 2 is 1.89 bits per heavy atom. The molecule has 0 spiro atoms. The van der Waals surface area contributed by atoms with Gasteiger partial charge in [0.1, 0.15) is 5.76 Å². The Kier molecular flexibility index (Phi) is 6.24. The lowest BCUT2D eigenvalue weighted by atomic mass is 10.3. The lowest BCUT2D eigenvalue weighted by Gasteiger charge is -2.05. The summed E-state index contributed by atoms with van der Waals surface area (Å²) in [4.78, 5) is 0.674. The van der Waals surface area contributed by atoms with E-state index in [1.54, 1.807) is 6.07 Å². The molecule has 2 rings (SSSR count). The van der Waals surface area contributed by atoms with E-state index >= 15 is 0 Å². The lowest BCUT2D eigenvalue weighted by Crippen LogP contribution is -2.06. The van der Waals surface area contributed by atoms with E-state index in [0.29, 0.717) is 10.7 Å². The summed E-state index contributed by atoms with van der Waals surface area (Å²) in [5.74, 6) is 1.23. The Morgan fingerprint density at radius 3 is 2.42 bits per heavy atom. The predicted molar refractivity (Wildman–Crippen MR) is 81.5 cm³/mol. The minimum Gasteiger partial charge on any atom is -0.359 e. The number of hydrogen-bond donors (Lipinski definition) is 1. The monoisotopic (exact) mass is 344 g/mol. The highest BCUT2D eigenvalue weighted by molar-refractivity contribution is 9.10. The fraction of sp³-hybridized carbons (Fsp3) is 0.308. The first kappa shape index (κ1) is 15.9. The molecule has 0 saturated carbocycles. The van der Waals surface area contributed by atoms with E-state index in [2.05, 4.69) is 25.8 Å². The molecule has 0 aliphatic heterocycles. The largest absolute Gasteiger partial charge is 0.359 e. The molecule has 0 aliphatic carbocycles. The van der Waals surface area contributed by atoms with E-state index in [4.69, 9.17) is 4.52 Å². The Bertz CT molecular complexity index is 570. The van der Waals surface area contributed by atoms with Gasteiger partial charge in [0.2, 0.25) is 0 Å². The van der Waals surface area contributed by atoms with Gasteiger partial charge in [-0.25, -0.2) is 4.21 Å². The van der Waals surface area contributed by atoms with E-state index in [9.17, 15) is 4.21 Å². The first-order valence-corrected chi connectivity index (χ1v) is 7.89. The molecule has 0 amide bonds. The number of rotatable bonds is 3. The second-order valence-corrected chi connectivity index (χ2v) is 5.55. The maximum atomic E-state index is 12.1. The molecule has 104 valence electrons. The molecule has 1 aromatic carbocycles. The first-order chi connectivity index (χ1) is 9.09. The summed E-state index contributed by atoms with van der Waals surface area (Å²) in [6, 6.07) is 7.34. The summed E-state index contributed by atoms with van der Waals surface area (Å²) in [5, 5.41) is 3.82. The molecule has 0 radical (unpaired) electrons. The van der Waals surface area contributed by atoms with Crippen LogP contribution in [0.2, 0.25) is 0 Å². The zero-order chi connectivity index (χ0) is 14.4. The van der Waals surface area contributed by atoms with E-state index < -0.39 is 11.0 Å². The number of aryl methyl sites for hydroxylation is 1. The third kappa shape index (κ3) is 3.91. The smallest absolute Gasteiger partial charge is 0.184 e. The van der Waals surface area contributed by atoms with Crippen molar-refractivity contribution in [2.75, 3.05) is 4.72 Å². The van der Waals surface area contributed by atoms with Crippen LogP contribution in [0.15, 0.2) is 38.2 Å². The molecule has 2 aromatic rings. The van der Waals surface area contributed by atoms with Crippen LogP contribution in [0.25, 0.3) is 0 Å². The minimum atomic E-state index is -1.36. The summed E-state index contributed by atoms with van der Waals surface area (Å²) < 4.78 is 20.7. The first-order valence-electron chi connectivity index (χ1n) is 5.95. The van der Waals surface area contributed by atoms with Gasteiger partial charge >= 0.3 is 0 Å². The number of hydrogen-bond acceptors (Lipinski definition) is 3. The van der Waals surface area contributed by atoms with Gasteiger partial charge in [0.25, 0.3) is 0 Å². The molecular formula is C13H17BrN2O2S. The molecule has 1 unspecified atom stereocenters. The van der Waals surface area contributed by atoms with Crippen molar-refractivity contribution in [1.82, 2.24) is 5.16 Å². The fourth-order valence-electron chi connectivity index (χ4n) is 1.25.